The Hall–Kier alpha value is -2.34. The summed E-state index contributed by atoms with van der Waals surface area (Å²) in [4.78, 5) is 14.8. The van der Waals surface area contributed by atoms with Gasteiger partial charge in [0.15, 0.2) is 9.84 Å². The Labute approximate surface area is 154 Å². The third-order valence-electron chi connectivity index (χ3n) is 4.66. The van der Waals surface area contributed by atoms with Crippen LogP contribution in [0.2, 0.25) is 0 Å². The van der Waals surface area contributed by atoms with Crippen LogP contribution in [0.3, 0.4) is 0 Å². The van der Waals surface area contributed by atoms with Crippen molar-refractivity contribution < 1.29 is 17.9 Å². The summed E-state index contributed by atoms with van der Waals surface area (Å²) in [5.74, 6) is 0.727. The van der Waals surface area contributed by atoms with E-state index in [4.69, 9.17) is 4.74 Å². The van der Waals surface area contributed by atoms with E-state index >= 15 is 0 Å². The minimum atomic E-state index is -3.09. The normalized spacial score (nSPS) is 18.5. The van der Waals surface area contributed by atoms with Crippen LogP contribution in [0.4, 0.5) is 0 Å². The molecular formula is C20H23NO4S. The van der Waals surface area contributed by atoms with E-state index in [9.17, 15) is 13.2 Å². The van der Waals surface area contributed by atoms with Crippen molar-refractivity contribution in [3.8, 4) is 5.75 Å². The second kappa shape index (κ2) is 7.50. The lowest BCUT2D eigenvalue weighted by Gasteiger charge is -2.29. The Morgan fingerprint density at radius 3 is 2.62 bits per heavy atom. The number of hydrogen-bond acceptors (Lipinski definition) is 4. The van der Waals surface area contributed by atoms with Crippen LogP contribution in [0.25, 0.3) is 0 Å². The number of nitrogens with zero attached hydrogens (tertiary/aromatic N) is 1. The zero-order valence-electron chi connectivity index (χ0n) is 15.0. The topological polar surface area (TPSA) is 63.7 Å². The molecule has 1 atom stereocenters. The molecule has 0 aliphatic carbocycles. The zero-order chi connectivity index (χ0) is 18.7. The molecule has 1 heterocycles. The molecule has 138 valence electrons. The largest absolute Gasteiger partial charge is 0.497 e. The molecule has 0 bridgehead atoms. The highest BCUT2D eigenvalue weighted by Gasteiger charge is 2.35. The maximum Gasteiger partial charge on any atom is 0.254 e. The third kappa shape index (κ3) is 4.25. The average Bonchev–Trinajstić information content (AvgIpc) is 2.99. The number of carbonyl (C=O) groups is 1. The van der Waals surface area contributed by atoms with Gasteiger partial charge in [0.05, 0.1) is 18.6 Å². The van der Waals surface area contributed by atoms with Crippen molar-refractivity contribution >= 4 is 15.7 Å². The molecule has 6 heteroatoms. The van der Waals surface area contributed by atoms with E-state index in [0.29, 0.717) is 24.3 Å². The van der Waals surface area contributed by atoms with E-state index in [-0.39, 0.29) is 23.5 Å². The van der Waals surface area contributed by atoms with E-state index in [1.54, 1.807) is 18.1 Å². The molecule has 0 N–H and O–H groups in total. The molecule has 2 aromatic carbocycles. The predicted octanol–water partition coefficient (Wildman–Crippen LogP) is 2.83. The Morgan fingerprint density at radius 2 is 1.96 bits per heavy atom. The molecule has 1 saturated heterocycles. The van der Waals surface area contributed by atoms with Crippen molar-refractivity contribution in [2.24, 2.45) is 0 Å². The van der Waals surface area contributed by atoms with Crippen LogP contribution in [0.5, 0.6) is 5.75 Å². The molecule has 0 spiro atoms. The molecule has 1 unspecified atom stereocenters. The fraction of sp³-hybridized carbons (Fsp3) is 0.350. The predicted molar refractivity (Wildman–Crippen MR) is 101 cm³/mol. The van der Waals surface area contributed by atoms with Gasteiger partial charge in [0, 0.05) is 18.2 Å². The lowest BCUT2D eigenvalue weighted by atomic mass is 10.1. The van der Waals surface area contributed by atoms with Gasteiger partial charge in [-0.25, -0.2) is 8.42 Å². The molecule has 1 fully saturated rings. The Morgan fingerprint density at radius 1 is 1.19 bits per heavy atom. The summed E-state index contributed by atoms with van der Waals surface area (Å²) in [5, 5.41) is 0. The molecule has 3 rings (SSSR count). The van der Waals surface area contributed by atoms with Crippen LogP contribution in [0, 0.1) is 6.92 Å². The Bertz CT molecular complexity index is 908. The summed E-state index contributed by atoms with van der Waals surface area (Å²) in [6.45, 7) is 2.29. The van der Waals surface area contributed by atoms with Gasteiger partial charge in [-0.15, -0.1) is 0 Å². The fourth-order valence-electron chi connectivity index (χ4n) is 3.30. The molecule has 0 saturated carbocycles. The van der Waals surface area contributed by atoms with Crippen LogP contribution < -0.4 is 4.74 Å². The first-order chi connectivity index (χ1) is 12.4. The highest BCUT2D eigenvalue weighted by Crippen LogP contribution is 2.24. The van der Waals surface area contributed by atoms with Gasteiger partial charge >= 0.3 is 0 Å². The van der Waals surface area contributed by atoms with Crippen LogP contribution in [0.1, 0.15) is 27.9 Å². The molecule has 1 amide bonds. The summed E-state index contributed by atoms with van der Waals surface area (Å²) in [6.07, 6.45) is 0.476. The van der Waals surface area contributed by atoms with E-state index in [0.717, 1.165) is 11.1 Å². The van der Waals surface area contributed by atoms with Crippen molar-refractivity contribution in [3.05, 3.63) is 65.2 Å². The van der Waals surface area contributed by atoms with E-state index in [2.05, 4.69) is 0 Å². The van der Waals surface area contributed by atoms with Gasteiger partial charge < -0.3 is 9.64 Å². The van der Waals surface area contributed by atoms with Crippen molar-refractivity contribution in [1.82, 2.24) is 4.90 Å². The summed E-state index contributed by atoms with van der Waals surface area (Å²) in [7, 11) is -1.49. The van der Waals surface area contributed by atoms with Crippen molar-refractivity contribution in [1.29, 1.82) is 0 Å². The number of hydrogen-bond donors (Lipinski definition) is 0. The maximum absolute atomic E-state index is 13.2. The van der Waals surface area contributed by atoms with Crippen molar-refractivity contribution in [2.75, 3.05) is 18.6 Å². The lowest BCUT2D eigenvalue weighted by Crippen LogP contribution is -2.40. The van der Waals surface area contributed by atoms with Gasteiger partial charge in [-0.3, -0.25) is 4.79 Å². The number of ether oxygens (including phenoxy) is 1. The van der Waals surface area contributed by atoms with E-state index in [1.165, 1.54) is 0 Å². The number of rotatable bonds is 5. The Balaban J connectivity index is 1.92. The zero-order valence-corrected chi connectivity index (χ0v) is 15.8. The molecule has 1 aliphatic rings. The highest BCUT2D eigenvalue weighted by molar-refractivity contribution is 7.91. The fourth-order valence-corrected chi connectivity index (χ4v) is 5.03. The monoisotopic (exact) mass is 373 g/mol. The molecule has 1 aliphatic heterocycles. The van der Waals surface area contributed by atoms with Gasteiger partial charge in [0.1, 0.15) is 5.75 Å². The first kappa shape index (κ1) is 18.5. The number of carbonyl (C=O) groups excluding carboxylic acids is 1. The van der Waals surface area contributed by atoms with Crippen molar-refractivity contribution in [3.63, 3.8) is 0 Å². The first-order valence-electron chi connectivity index (χ1n) is 8.59. The average molecular weight is 373 g/mol. The standard InChI is InChI=1S/C20H23NO4S/c1-15-5-3-7-17(11-15)20(22)21(18-9-10-26(23,24)14-18)13-16-6-4-8-19(12-16)25-2/h3-8,11-12,18H,9-10,13-14H2,1-2H3. The van der Waals surface area contributed by atoms with Crippen molar-refractivity contribution in [2.45, 2.75) is 25.9 Å². The van der Waals surface area contributed by atoms with Gasteiger partial charge in [-0.1, -0.05) is 29.8 Å². The summed E-state index contributed by atoms with van der Waals surface area (Å²) < 4.78 is 29.2. The lowest BCUT2D eigenvalue weighted by molar-refractivity contribution is 0.0680. The molecular weight excluding hydrogens is 350 g/mol. The number of amides is 1. The van der Waals surface area contributed by atoms with E-state index < -0.39 is 9.84 Å². The molecule has 5 nitrogen and oxygen atoms in total. The second-order valence-corrected chi connectivity index (χ2v) is 8.94. The number of benzene rings is 2. The van der Waals surface area contributed by atoms with Gasteiger partial charge in [0.2, 0.25) is 0 Å². The molecule has 26 heavy (non-hydrogen) atoms. The molecule has 0 aromatic heterocycles. The smallest absolute Gasteiger partial charge is 0.254 e. The Kier molecular flexibility index (Phi) is 5.32. The summed E-state index contributed by atoms with van der Waals surface area (Å²) >= 11 is 0. The van der Waals surface area contributed by atoms with Crippen LogP contribution in [-0.4, -0.2) is 43.9 Å². The summed E-state index contributed by atoms with van der Waals surface area (Å²) in [5.41, 5.74) is 2.49. The molecule has 2 aromatic rings. The van der Waals surface area contributed by atoms with Crippen LogP contribution >= 0.6 is 0 Å². The third-order valence-corrected chi connectivity index (χ3v) is 6.41. The SMILES string of the molecule is COc1cccc(CN(C(=O)c2cccc(C)c2)C2CCS(=O)(=O)C2)c1. The summed E-state index contributed by atoms with van der Waals surface area (Å²) in [6, 6.07) is 14.6. The van der Waals surface area contributed by atoms with Gasteiger partial charge in [-0.05, 0) is 43.2 Å². The maximum atomic E-state index is 13.2. The highest BCUT2D eigenvalue weighted by atomic mass is 32.2. The number of methoxy groups -OCH3 is 1. The van der Waals surface area contributed by atoms with Gasteiger partial charge in [-0.2, -0.15) is 0 Å². The van der Waals surface area contributed by atoms with Crippen LogP contribution in [-0.2, 0) is 16.4 Å². The minimum Gasteiger partial charge on any atom is -0.497 e. The second-order valence-electron chi connectivity index (χ2n) is 6.71. The number of sulfone groups is 1. The van der Waals surface area contributed by atoms with E-state index in [1.807, 2.05) is 49.4 Å². The van der Waals surface area contributed by atoms with Gasteiger partial charge in [0.25, 0.3) is 5.91 Å². The molecule has 0 radical (unpaired) electrons. The number of aryl methyl sites for hydroxylation is 1. The first-order valence-corrected chi connectivity index (χ1v) is 10.4. The van der Waals surface area contributed by atoms with Crippen LogP contribution in [0.15, 0.2) is 48.5 Å². The minimum absolute atomic E-state index is 0.0223. The quantitative estimate of drug-likeness (QED) is 0.808.